The molecule has 8 heteroatoms. The van der Waals surface area contributed by atoms with E-state index in [4.69, 9.17) is 9.47 Å². The molecule has 222 valence electrons. The molecule has 43 heavy (non-hydrogen) atoms. The van der Waals surface area contributed by atoms with Crippen LogP contribution in [0.3, 0.4) is 0 Å². The van der Waals surface area contributed by atoms with Crippen molar-refractivity contribution in [2.24, 2.45) is 0 Å². The first-order valence-corrected chi connectivity index (χ1v) is 14.0. The summed E-state index contributed by atoms with van der Waals surface area (Å²) in [7, 11) is 3.12. The summed E-state index contributed by atoms with van der Waals surface area (Å²) in [5, 5.41) is 12.4. The van der Waals surface area contributed by atoms with Gasteiger partial charge in [0.25, 0.3) is 11.8 Å². The van der Waals surface area contributed by atoms with Gasteiger partial charge in [0, 0.05) is 30.8 Å². The average molecular weight is 581 g/mol. The number of carboxylic acids is 1. The smallest absolute Gasteiger partial charge is 0.305 e. The number of carbonyl (C=O) groups excluding carboxylic acids is 2. The second-order valence-corrected chi connectivity index (χ2v) is 10.1. The molecule has 0 aromatic heterocycles. The van der Waals surface area contributed by atoms with Crippen LogP contribution in [0, 0.1) is 6.92 Å². The number of aryl methyl sites for hydroxylation is 1. The normalized spacial score (nSPS) is 10.6. The quantitative estimate of drug-likeness (QED) is 0.208. The summed E-state index contributed by atoms with van der Waals surface area (Å²) in [5.74, 6) is -0.388. The molecule has 0 unspecified atom stereocenters. The molecule has 0 aliphatic carbocycles. The summed E-state index contributed by atoms with van der Waals surface area (Å²) < 4.78 is 10.7. The molecule has 0 saturated carbocycles. The molecule has 0 radical (unpaired) electrons. The van der Waals surface area contributed by atoms with E-state index >= 15 is 0 Å². The van der Waals surface area contributed by atoms with Gasteiger partial charge in [-0.3, -0.25) is 14.4 Å². The zero-order chi connectivity index (χ0) is 30.8. The molecule has 0 atom stereocenters. The number of aliphatic carboxylic acids is 1. The highest BCUT2D eigenvalue weighted by molar-refractivity contribution is 6.06. The van der Waals surface area contributed by atoms with E-state index in [1.807, 2.05) is 67.6 Å². The van der Waals surface area contributed by atoms with Crippen molar-refractivity contribution in [1.82, 2.24) is 10.2 Å². The number of nitrogens with one attached hydrogen (secondary N) is 1. The van der Waals surface area contributed by atoms with Crippen molar-refractivity contribution in [3.05, 3.63) is 119 Å². The molecule has 4 aromatic rings. The van der Waals surface area contributed by atoms with E-state index in [2.05, 4.69) is 5.32 Å². The molecule has 8 nitrogen and oxygen atoms in total. The van der Waals surface area contributed by atoms with Gasteiger partial charge in [0.05, 0.1) is 20.6 Å². The molecule has 4 aromatic carbocycles. The Labute approximate surface area is 251 Å². The van der Waals surface area contributed by atoms with Crippen molar-refractivity contribution in [2.75, 3.05) is 27.3 Å². The van der Waals surface area contributed by atoms with Gasteiger partial charge in [0.1, 0.15) is 0 Å². The van der Waals surface area contributed by atoms with Crippen LogP contribution in [0.2, 0.25) is 0 Å². The molecule has 2 N–H and O–H groups in total. The minimum atomic E-state index is -0.993. The lowest BCUT2D eigenvalue weighted by Crippen LogP contribution is -2.35. The van der Waals surface area contributed by atoms with Crippen molar-refractivity contribution in [1.29, 1.82) is 0 Å². The fourth-order valence-corrected chi connectivity index (χ4v) is 4.82. The van der Waals surface area contributed by atoms with E-state index in [9.17, 15) is 19.5 Å². The van der Waals surface area contributed by atoms with Crippen molar-refractivity contribution >= 4 is 17.8 Å². The second kappa shape index (κ2) is 14.7. The number of nitrogens with zero attached hydrogens (tertiary/aromatic N) is 1. The SMILES string of the molecule is COc1ccc(CCN(CCC(=O)O)C(=O)c2ccccc2-c2ccccc2C(=O)NCc2ccc(C)cc2)cc1OC. The molecule has 0 heterocycles. The third-order valence-corrected chi connectivity index (χ3v) is 7.19. The van der Waals surface area contributed by atoms with Crippen LogP contribution in [0.15, 0.2) is 91.0 Å². The average Bonchev–Trinajstić information content (AvgIpc) is 3.03. The van der Waals surface area contributed by atoms with Gasteiger partial charge in [-0.25, -0.2) is 0 Å². The topological polar surface area (TPSA) is 105 Å². The highest BCUT2D eigenvalue weighted by atomic mass is 16.5. The molecule has 0 aliphatic heterocycles. The van der Waals surface area contributed by atoms with E-state index < -0.39 is 5.97 Å². The van der Waals surface area contributed by atoms with Gasteiger partial charge in [-0.1, -0.05) is 72.3 Å². The van der Waals surface area contributed by atoms with Crippen LogP contribution < -0.4 is 14.8 Å². The van der Waals surface area contributed by atoms with Crippen LogP contribution in [0.1, 0.15) is 43.8 Å². The molecule has 2 amide bonds. The number of ether oxygens (including phenoxy) is 2. The maximum atomic E-state index is 14.0. The van der Waals surface area contributed by atoms with Crippen LogP contribution in [-0.4, -0.2) is 55.1 Å². The summed E-state index contributed by atoms with van der Waals surface area (Å²) >= 11 is 0. The fraction of sp³-hybridized carbons (Fsp3) is 0.229. The maximum Gasteiger partial charge on any atom is 0.305 e. The Balaban J connectivity index is 1.60. The van der Waals surface area contributed by atoms with Crippen LogP contribution in [0.5, 0.6) is 11.5 Å². The lowest BCUT2D eigenvalue weighted by atomic mass is 9.94. The van der Waals surface area contributed by atoms with E-state index in [0.717, 1.165) is 16.7 Å². The van der Waals surface area contributed by atoms with E-state index in [0.29, 0.717) is 46.7 Å². The fourth-order valence-electron chi connectivity index (χ4n) is 4.82. The van der Waals surface area contributed by atoms with Crippen molar-refractivity contribution in [2.45, 2.75) is 26.3 Å². The van der Waals surface area contributed by atoms with Gasteiger partial charge < -0.3 is 24.8 Å². The highest BCUT2D eigenvalue weighted by Gasteiger charge is 2.23. The minimum Gasteiger partial charge on any atom is -0.493 e. The Morgan fingerprint density at radius 3 is 2.00 bits per heavy atom. The summed E-state index contributed by atoms with van der Waals surface area (Å²) in [6.07, 6.45) is 0.281. The van der Waals surface area contributed by atoms with Gasteiger partial charge >= 0.3 is 5.97 Å². The summed E-state index contributed by atoms with van der Waals surface area (Å²) in [6.45, 7) is 2.70. The van der Waals surface area contributed by atoms with Gasteiger partial charge in [-0.2, -0.15) is 0 Å². The molecule has 0 fully saturated rings. The Hall–Kier alpha value is -5.11. The van der Waals surface area contributed by atoms with Gasteiger partial charge in [-0.15, -0.1) is 0 Å². The Morgan fingerprint density at radius 2 is 1.35 bits per heavy atom. The van der Waals surface area contributed by atoms with Gasteiger partial charge in [0.15, 0.2) is 11.5 Å². The molecule has 0 aliphatic rings. The summed E-state index contributed by atoms with van der Waals surface area (Å²) in [6, 6.07) is 27.8. The zero-order valence-electron chi connectivity index (χ0n) is 24.6. The number of amides is 2. The van der Waals surface area contributed by atoms with Gasteiger partial charge in [-0.05, 0) is 59.9 Å². The van der Waals surface area contributed by atoms with E-state index in [1.165, 1.54) is 0 Å². The van der Waals surface area contributed by atoms with Gasteiger partial charge in [0.2, 0.25) is 0 Å². The van der Waals surface area contributed by atoms with Crippen molar-refractivity contribution in [3.63, 3.8) is 0 Å². The third kappa shape index (κ3) is 8.01. The van der Waals surface area contributed by atoms with Crippen LogP contribution in [0.4, 0.5) is 0 Å². The van der Waals surface area contributed by atoms with Crippen LogP contribution >= 0.6 is 0 Å². The Morgan fingerprint density at radius 1 is 0.744 bits per heavy atom. The lowest BCUT2D eigenvalue weighted by molar-refractivity contribution is -0.137. The first-order chi connectivity index (χ1) is 20.8. The minimum absolute atomic E-state index is 0.0362. The maximum absolute atomic E-state index is 14.0. The third-order valence-electron chi connectivity index (χ3n) is 7.19. The molecule has 0 bridgehead atoms. The summed E-state index contributed by atoms with van der Waals surface area (Å²) in [5.41, 5.74) is 5.08. The zero-order valence-corrected chi connectivity index (χ0v) is 24.6. The number of carboxylic acid groups (broad SMARTS) is 1. The first-order valence-electron chi connectivity index (χ1n) is 14.0. The number of rotatable bonds is 13. The highest BCUT2D eigenvalue weighted by Crippen LogP contribution is 2.30. The van der Waals surface area contributed by atoms with Crippen molar-refractivity contribution < 1.29 is 29.0 Å². The predicted octanol–water partition coefficient (Wildman–Crippen LogP) is 5.77. The number of methoxy groups -OCH3 is 2. The molecular formula is C35H36N2O6. The summed E-state index contributed by atoms with van der Waals surface area (Å²) in [4.78, 5) is 40.4. The number of hydrogen-bond donors (Lipinski definition) is 2. The second-order valence-electron chi connectivity index (χ2n) is 10.1. The Bertz CT molecular complexity index is 1580. The van der Waals surface area contributed by atoms with Crippen LogP contribution in [0.25, 0.3) is 11.1 Å². The molecule has 0 saturated heterocycles. The Kier molecular flexibility index (Phi) is 10.5. The van der Waals surface area contributed by atoms with E-state index in [1.54, 1.807) is 49.5 Å². The number of hydrogen-bond acceptors (Lipinski definition) is 5. The lowest BCUT2D eigenvalue weighted by Gasteiger charge is -2.24. The standard InChI is InChI=1S/C35H36N2O6/c1-24-12-14-26(15-13-24)23-36-34(40)29-10-6-4-8-27(29)28-9-5-7-11-30(28)35(41)37(21-19-33(38)39)20-18-25-16-17-31(42-2)32(22-25)43-3/h4-17,22H,18-21,23H2,1-3H3,(H,36,40)(H,38,39). The number of carbonyl (C=O) groups is 3. The monoisotopic (exact) mass is 580 g/mol. The van der Waals surface area contributed by atoms with Crippen molar-refractivity contribution in [3.8, 4) is 22.6 Å². The first kappa shape index (κ1) is 30.8. The molecular weight excluding hydrogens is 544 g/mol. The largest absolute Gasteiger partial charge is 0.493 e. The van der Waals surface area contributed by atoms with Crippen LogP contribution in [-0.2, 0) is 17.8 Å². The predicted molar refractivity (Wildman–Crippen MR) is 166 cm³/mol. The molecule has 0 spiro atoms. The number of benzene rings is 4. The molecule has 4 rings (SSSR count). The van der Waals surface area contributed by atoms with E-state index in [-0.39, 0.29) is 31.3 Å².